The highest BCUT2D eigenvalue weighted by molar-refractivity contribution is 6.37. The van der Waals surface area contributed by atoms with Gasteiger partial charge in [0.1, 0.15) is 5.52 Å². The third-order valence-electron chi connectivity index (χ3n) is 4.54. The molecule has 2 aromatic heterocycles. The number of hydrogen-bond donors (Lipinski definition) is 1. The van der Waals surface area contributed by atoms with E-state index in [-0.39, 0.29) is 16.4 Å². The van der Waals surface area contributed by atoms with Gasteiger partial charge >= 0.3 is 5.97 Å². The number of pyridine rings is 1. The average Bonchev–Trinajstić information content (AvgIpc) is 3.22. The molecule has 0 bridgehead atoms. The van der Waals surface area contributed by atoms with Gasteiger partial charge in [-0.25, -0.2) is 9.78 Å². The minimum Gasteiger partial charge on any atom is -0.452 e. The van der Waals surface area contributed by atoms with E-state index in [0.717, 1.165) is 5.56 Å². The molecule has 9 heteroatoms. The topological polar surface area (TPSA) is 94.3 Å². The molecule has 4 aromatic rings. The van der Waals surface area contributed by atoms with Crippen LogP contribution in [0.5, 0.6) is 0 Å². The molecule has 4 rings (SSSR count). The zero-order valence-electron chi connectivity index (χ0n) is 16.2. The molecule has 31 heavy (non-hydrogen) atoms. The molecule has 0 spiro atoms. The highest BCUT2D eigenvalue weighted by atomic mass is 35.5. The molecule has 1 amide bonds. The molecule has 0 saturated heterocycles. The van der Waals surface area contributed by atoms with Crippen molar-refractivity contribution in [3.63, 3.8) is 0 Å². The summed E-state index contributed by atoms with van der Waals surface area (Å²) >= 11 is 12.1. The van der Waals surface area contributed by atoms with Crippen molar-refractivity contribution >= 4 is 51.8 Å². The first kappa shape index (κ1) is 20.8. The van der Waals surface area contributed by atoms with Gasteiger partial charge < -0.3 is 14.6 Å². The minimum absolute atomic E-state index is 0.142. The smallest absolute Gasteiger partial charge is 0.338 e. The van der Waals surface area contributed by atoms with Crippen LogP contribution >= 0.6 is 23.2 Å². The van der Waals surface area contributed by atoms with Crippen LogP contribution in [-0.4, -0.2) is 28.6 Å². The summed E-state index contributed by atoms with van der Waals surface area (Å²) in [7, 11) is 0. The second-order valence-electron chi connectivity index (χ2n) is 6.63. The number of ether oxygens (including phenoxy) is 1. The van der Waals surface area contributed by atoms with Crippen LogP contribution in [0, 0.1) is 6.92 Å². The first-order valence-corrected chi connectivity index (χ1v) is 9.92. The number of fused-ring (bicyclic) bond motifs is 1. The summed E-state index contributed by atoms with van der Waals surface area (Å²) in [5.41, 5.74) is 2.28. The molecule has 0 aliphatic heterocycles. The van der Waals surface area contributed by atoms with Gasteiger partial charge in [0.15, 0.2) is 18.2 Å². The molecule has 7 nitrogen and oxygen atoms in total. The number of hydrogen-bond acceptors (Lipinski definition) is 6. The summed E-state index contributed by atoms with van der Waals surface area (Å²) < 4.78 is 10.6. The molecule has 0 fully saturated rings. The van der Waals surface area contributed by atoms with E-state index in [1.54, 1.807) is 25.1 Å². The highest BCUT2D eigenvalue weighted by Gasteiger charge is 2.17. The van der Waals surface area contributed by atoms with Crippen LogP contribution in [0.25, 0.3) is 22.2 Å². The van der Waals surface area contributed by atoms with Crippen molar-refractivity contribution in [2.24, 2.45) is 0 Å². The van der Waals surface area contributed by atoms with Crippen molar-refractivity contribution in [3.05, 3.63) is 75.9 Å². The van der Waals surface area contributed by atoms with Gasteiger partial charge in [0.05, 0.1) is 21.0 Å². The van der Waals surface area contributed by atoms with Gasteiger partial charge in [-0.3, -0.25) is 4.79 Å². The minimum atomic E-state index is -0.663. The number of anilines is 1. The van der Waals surface area contributed by atoms with Crippen molar-refractivity contribution in [2.75, 3.05) is 11.9 Å². The Balaban J connectivity index is 1.46. The lowest BCUT2D eigenvalue weighted by Gasteiger charge is -2.09. The monoisotopic (exact) mass is 455 g/mol. The number of benzene rings is 2. The van der Waals surface area contributed by atoms with E-state index < -0.39 is 18.5 Å². The second kappa shape index (κ2) is 8.75. The molecular formula is C22H15Cl2N3O4. The predicted molar refractivity (Wildman–Crippen MR) is 117 cm³/mol. The summed E-state index contributed by atoms with van der Waals surface area (Å²) in [6.07, 6.45) is 1.38. The number of nitrogens with zero attached hydrogens (tertiary/aromatic N) is 2. The fraction of sp³-hybridized carbons (Fsp3) is 0.0909. The Morgan fingerprint density at radius 2 is 1.90 bits per heavy atom. The van der Waals surface area contributed by atoms with Crippen LogP contribution in [-0.2, 0) is 9.53 Å². The number of nitrogens with one attached hydrogen (secondary N) is 1. The van der Waals surface area contributed by atoms with Gasteiger partial charge in [0, 0.05) is 11.8 Å². The Bertz CT molecular complexity index is 1290. The van der Waals surface area contributed by atoms with Gasteiger partial charge in [0.25, 0.3) is 5.91 Å². The van der Waals surface area contributed by atoms with Crippen LogP contribution < -0.4 is 5.32 Å². The number of carbonyl (C=O) groups is 2. The highest BCUT2D eigenvalue weighted by Crippen LogP contribution is 2.30. The molecular weight excluding hydrogens is 441 g/mol. The van der Waals surface area contributed by atoms with E-state index in [1.165, 1.54) is 6.20 Å². The first-order chi connectivity index (χ1) is 14.9. The Labute approximate surface area is 186 Å². The fourth-order valence-corrected chi connectivity index (χ4v) is 3.28. The lowest BCUT2D eigenvalue weighted by atomic mass is 10.1. The quantitative estimate of drug-likeness (QED) is 0.410. The second-order valence-corrected chi connectivity index (χ2v) is 7.41. The SMILES string of the molecule is Cc1c(Cl)cnc(NC(=O)COC(=O)c2ccc3noc(-c4ccccc4)c3c2)c1Cl. The predicted octanol–water partition coefficient (Wildman–Crippen LogP) is 5.30. The van der Waals surface area contributed by atoms with Crippen LogP contribution in [0.1, 0.15) is 15.9 Å². The van der Waals surface area contributed by atoms with Crippen molar-refractivity contribution in [2.45, 2.75) is 6.92 Å². The fourth-order valence-electron chi connectivity index (χ4n) is 2.89. The maximum Gasteiger partial charge on any atom is 0.338 e. The standard InChI is InChI=1S/C22H15Cl2N3O4/c1-12-16(23)10-25-21(19(12)24)26-18(28)11-30-22(29)14-7-8-17-15(9-14)20(31-27-17)13-5-3-2-4-6-13/h2-10H,11H2,1H3,(H,25,26,28). The molecule has 0 radical (unpaired) electrons. The molecule has 1 N–H and O–H groups in total. The average molecular weight is 456 g/mol. The number of aromatic nitrogens is 2. The Morgan fingerprint density at radius 1 is 1.13 bits per heavy atom. The van der Waals surface area contributed by atoms with E-state index in [2.05, 4.69) is 15.5 Å². The largest absolute Gasteiger partial charge is 0.452 e. The van der Waals surface area contributed by atoms with Crippen molar-refractivity contribution < 1.29 is 18.8 Å². The van der Waals surface area contributed by atoms with Crippen molar-refractivity contribution in [3.8, 4) is 11.3 Å². The normalized spacial score (nSPS) is 10.8. The van der Waals surface area contributed by atoms with Crippen LogP contribution in [0.4, 0.5) is 5.82 Å². The van der Waals surface area contributed by atoms with Crippen LogP contribution in [0.2, 0.25) is 10.0 Å². The number of carbonyl (C=O) groups excluding carboxylic acids is 2. The summed E-state index contributed by atoms with van der Waals surface area (Å²) in [5, 5.41) is 7.78. The maximum atomic E-state index is 12.5. The summed E-state index contributed by atoms with van der Waals surface area (Å²) in [4.78, 5) is 28.6. The van der Waals surface area contributed by atoms with Gasteiger partial charge in [-0.2, -0.15) is 0 Å². The van der Waals surface area contributed by atoms with Crippen LogP contribution in [0.3, 0.4) is 0 Å². The lowest BCUT2D eigenvalue weighted by molar-refractivity contribution is -0.119. The lowest BCUT2D eigenvalue weighted by Crippen LogP contribution is -2.21. The Morgan fingerprint density at radius 3 is 2.68 bits per heavy atom. The third-order valence-corrected chi connectivity index (χ3v) is 5.39. The molecule has 2 aromatic carbocycles. The summed E-state index contributed by atoms with van der Waals surface area (Å²) in [5.74, 6) is -0.561. The number of halogens is 2. The van der Waals surface area contributed by atoms with E-state index >= 15 is 0 Å². The first-order valence-electron chi connectivity index (χ1n) is 9.16. The van der Waals surface area contributed by atoms with E-state index in [0.29, 0.717) is 27.2 Å². The van der Waals surface area contributed by atoms with Crippen LogP contribution in [0.15, 0.2) is 59.3 Å². The number of esters is 1. The van der Waals surface area contributed by atoms with Gasteiger partial charge in [-0.05, 0) is 30.7 Å². The van der Waals surface area contributed by atoms with E-state index in [9.17, 15) is 9.59 Å². The molecule has 0 aliphatic carbocycles. The maximum absolute atomic E-state index is 12.5. The molecule has 156 valence electrons. The van der Waals surface area contributed by atoms with Gasteiger partial charge in [-0.15, -0.1) is 0 Å². The summed E-state index contributed by atoms with van der Waals surface area (Å²) in [6.45, 7) is 1.19. The van der Waals surface area contributed by atoms with E-state index in [4.69, 9.17) is 32.5 Å². The number of amides is 1. The molecule has 0 saturated carbocycles. The van der Waals surface area contributed by atoms with E-state index in [1.807, 2.05) is 30.3 Å². The van der Waals surface area contributed by atoms with Gasteiger partial charge in [0.2, 0.25) is 0 Å². The zero-order valence-corrected chi connectivity index (χ0v) is 17.7. The summed E-state index contributed by atoms with van der Waals surface area (Å²) in [6, 6.07) is 14.2. The molecule has 0 aliphatic rings. The molecule has 0 unspecified atom stereocenters. The third kappa shape index (κ3) is 4.38. The zero-order chi connectivity index (χ0) is 22.0. The van der Waals surface area contributed by atoms with Crippen molar-refractivity contribution in [1.29, 1.82) is 0 Å². The molecule has 0 atom stereocenters. The Hall–Kier alpha value is -3.42. The van der Waals surface area contributed by atoms with Crippen molar-refractivity contribution in [1.82, 2.24) is 10.1 Å². The number of rotatable bonds is 5. The van der Waals surface area contributed by atoms with Gasteiger partial charge in [-0.1, -0.05) is 58.7 Å². The Kier molecular flexibility index (Phi) is 5.88. The molecule has 2 heterocycles.